The molecule has 2 aromatic rings. The number of rotatable bonds is 3. The van der Waals surface area contributed by atoms with Crippen molar-refractivity contribution < 1.29 is 0 Å². The van der Waals surface area contributed by atoms with Crippen LogP contribution in [0.1, 0.15) is 23.5 Å². The van der Waals surface area contributed by atoms with Crippen molar-refractivity contribution in [1.29, 1.82) is 5.26 Å². The smallest absolute Gasteiger partial charge is 0.0887 e. The molecular weight excluding hydrogens is 258 g/mol. The quantitative estimate of drug-likeness (QED) is 0.875. The number of nitrogen functional groups attached to an aromatic ring is 1. The fourth-order valence-corrected chi connectivity index (χ4v) is 3.01. The highest BCUT2D eigenvalue weighted by molar-refractivity contribution is 5.61. The topological polar surface area (TPSA) is 53.0 Å². The summed E-state index contributed by atoms with van der Waals surface area (Å²) >= 11 is 0. The predicted octanol–water partition coefficient (Wildman–Crippen LogP) is 3.33. The molecule has 1 atom stereocenters. The molecule has 0 amide bonds. The maximum Gasteiger partial charge on any atom is 0.0887 e. The van der Waals surface area contributed by atoms with Crippen molar-refractivity contribution in [2.75, 3.05) is 23.7 Å². The molecule has 106 valence electrons. The molecule has 0 aromatic heterocycles. The van der Waals surface area contributed by atoms with Crippen molar-refractivity contribution >= 4 is 11.4 Å². The van der Waals surface area contributed by atoms with E-state index in [0.29, 0.717) is 0 Å². The average Bonchev–Trinajstić information content (AvgIpc) is 2.53. The Morgan fingerprint density at radius 3 is 2.76 bits per heavy atom. The van der Waals surface area contributed by atoms with Gasteiger partial charge in [0.2, 0.25) is 0 Å². The van der Waals surface area contributed by atoms with E-state index in [1.807, 2.05) is 36.4 Å². The molecule has 0 saturated carbocycles. The van der Waals surface area contributed by atoms with Gasteiger partial charge in [0.05, 0.1) is 12.0 Å². The van der Waals surface area contributed by atoms with Crippen molar-refractivity contribution in [2.24, 2.45) is 0 Å². The van der Waals surface area contributed by atoms with Gasteiger partial charge in [-0.25, -0.2) is 0 Å². The van der Waals surface area contributed by atoms with E-state index < -0.39 is 0 Å². The van der Waals surface area contributed by atoms with Gasteiger partial charge in [-0.3, -0.25) is 0 Å². The van der Waals surface area contributed by atoms with Gasteiger partial charge < -0.3 is 10.6 Å². The van der Waals surface area contributed by atoms with E-state index in [1.165, 1.54) is 11.3 Å². The first-order valence-electron chi connectivity index (χ1n) is 7.36. The molecule has 21 heavy (non-hydrogen) atoms. The number of hydrogen-bond donors (Lipinski definition) is 1. The van der Waals surface area contributed by atoms with Crippen LogP contribution < -0.4 is 10.6 Å². The summed E-state index contributed by atoms with van der Waals surface area (Å²) in [5, 5.41) is 9.51. The third-order valence-electron chi connectivity index (χ3n) is 4.08. The Bertz CT molecular complexity index is 658. The molecule has 3 nitrogen and oxygen atoms in total. The Hall–Kier alpha value is -2.47. The summed E-state index contributed by atoms with van der Waals surface area (Å²) in [6, 6.07) is 18.6. The molecule has 2 aromatic carbocycles. The van der Waals surface area contributed by atoms with Crippen molar-refractivity contribution in [3.8, 4) is 6.07 Å². The second kappa shape index (κ2) is 5.88. The van der Waals surface area contributed by atoms with Gasteiger partial charge in [0.1, 0.15) is 0 Å². The largest absolute Gasteiger partial charge is 0.399 e. The highest BCUT2D eigenvalue weighted by Crippen LogP contribution is 2.30. The second-order valence-electron chi connectivity index (χ2n) is 5.53. The molecule has 2 N–H and O–H groups in total. The number of benzene rings is 2. The Labute approximate surface area is 125 Å². The predicted molar refractivity (Wildman–Crippen MR) is 86.2 cm³/mol. The summed E-state index contributed by atoms with van der Waals surface area (Å²) in [7, 11) is 0. The molecular formula is C18H19N3. The summed E-state index contributed by atoms with van der Waals surface area (Å²) in [6.45, 7) is 1.74. The van der Waals surface area contributed by atoms with Crippen LogP contribution in [-0.2, 0) is 6.42 Å². The minimum absolute atomic E-state index is 0.102. The summed E-state index contributed by atoms with van der Waals surface area (Å²) < 4.78 is 0. The highest BCUT2D eigenvalue weighted by atomic mass is 15.1. The Kier molecular flexibility index (Phi) is 3.79. The lowest BCUT2D eigenvalue weighted by atomic mass is 9.96. The molecule has 3 rings (SSSR count). The van der Waals surface area contributed by atoms with E-state index in [-0.39, 0.29) is 5.92 Å². The fourth-order valence-electron chi connectivity index (χ4n) is 3.01. The van der Waals surface area contributed by atoms with Gasteiger partial charge in [0.25, 0.3) is 0 Å². The molecule has 0 fully saturated rings. The first-order chi connectivity index (χ1) is 10.3. The molecule has 0 radical (unpaired) electrons. The first kappa shape index (κ1) is 13.5. The molecule has 1 aliphatic rings. The number of anilines is 2. The van der Waals surface area contributed by atoms with E-state index in [4.69, 9.17) is 5.73 Å². The summed E-state index contributed by atoms with van der Waals surface area (Å²) in [4.78, 5) is 2.32. The van der Waals surface area contributed by atoms with E-state index in [9.17, 15) is 5.26 Å². The van der Waals surface area contributed by atoms with Crippen molar-refractivity contribution in [3.05, 3.63) is 59.7 Å². The maximum atomic E-state index is 9.51. The fraction of sp³-hybridized carbons (Fsp3) is 0.278. The van der Waals surface area contributed by atoms with E-state index in [0.717, 1.165) is 37.2 Å². The zero-order chi connectivity index (χ0) is 14.7. The van der Waals surface area contributed by atoms with Gasteiger partial charge in [0, 0.05) is 24.5 Å². The number of aryl methyl sites for hydroxylation is 1. The number of nitriles is 1. The van der Waals surface area contributed by atoms with Crippen LogP contribution >= 0.6 is 0 Å². The molecule has 0 aliphatic carbocycles. The van der Waals surface area contributed by atoms with Crippen molar-refractivity contribution in [3.63, 3.8) is 0 Å². The number of hydrogen-bond acceptors (Lipinski definition) is 3. The lowest BCUT2D eigenvalue weighted by Gasteiger charge is -2.33. The third-order valence-corrected chi connectivity index (χ3v) is 4.08. The second-order valence-corrected chi connectivity index (χ2v) is 5.53. The minimum atomic E-state index is -0.102. The lowest BCUT2D eigenvalue weighted by molar-refractivity contribution is 0.667. The highest BCUT2D eigenvalue weighted by Gasteiger charge is 2.21. The van der Waals surface area contributed by atoms with Crippen molar-refractivity contribution in [2.45, 2.75) is 18.8 Å². The summed E-state index contributed by atoms with van der Waals surface area (Å²) in [6.07, 6.45) is 2.18. The number of nitrogens with zero attached hydrogens (tertiary/aromatic N) is 2. The first-order valence-corrected chi connectivity index (χ1v) is 7.36. The van der Waals surface area contributed by atoms with Gasteiger partial charge in [-0.1, -0.05) is 30.3 Å². The zero-order valence-corrected chi connectivity index (χ0v) is 12.0. The summed E-state index contributed by atoms with van der Waals surface area (Å²) in [5.41, 5.74) is 10.3. The van der Waals surface area contributed by atoms with Gasteiger partial charge in [-0.05, 0) is 42.2 Å². The van der Waals surface area contributed by atoms with Crippen LogP contribution in [0.4, 0.5) is 11.4 Å². The molecule has 0 bridgehead atoms. The Balaban J connectivity index is 1.84. The average molecular weight is 277 g/mol. The minimum Gasteiger partial charge on any atom is -0.399 e. The standard InChI is InChI=1S/C18H19N3/c19-12-16(14-5-2-1-3-6-14)13-21-10-4-7-15-11-17(20)8-9-18(15)21/h1-3,5-6,8-9,11,16H,4,7,10,13,20H2. The number of nitrogens with two attached hydrogens (primary N) is 1. The van der Waals surface area contributed by atoms with Crippen LogP contribution in [0.25, 0.3) is 0 Å². The Morgan fingerprint density at radius 2 is 2.00 bits per heavy atom. The van der Waals surface area contributed by atoms with E-state index >= 15 is 0 Å². The normalized spacial score (nSPS) is 15.1. The molecule has 0 spiro atoms. The van der Waals surface area contributed by atoms with Gasteiger partial charge in [-0.15, -0.1) is 0 Å². The third kappa shape index (κ3) is 2.85. The van der Waals surface area contributed by atoms with Crippen LogP contribution in [0.2, 0.25) is 0 Å². The molecule has 1 heterocycles. The van der Waals surface area contributed by atoms with Crippen LogP contribution in [0, 0.1) is 11.3 Å². The van der Waals surface area contributed by atoms with Gasteiger partial charge in [-0.2, -0.15) is 5.26 Å². The molecule has 0 saturated heterocycles. The SMILES string of the molecule is N#CC(CN1CCCc2cc(N)ccc21)c1ccccc1. The summed E-state index contributed by atoms with van der Waals surface area (Å²) in [5.74, 6) is -0.102. The van der Waals surface area contributed by atoms with Crippen LogP contribution in [0.3, 0.4) is 0 Å². The molecule has 3 heteroatoms. The monoisotopic (exact) mass is 277 g/mol. The Morgan fingerprint density at radius 1 is 1.19 bits per heavy atom. The maximum absolute atomic E-state index is 9.51. The zero-order valence-electron chi connectivity index (χ0n) is 12.0. The van der Waals surface area contributed by atoms with Gasteiger partial charge >= 0.3 is 0 Å². The van der Waals surface area contributed by atoms with Crippen molar-refractivity contribution in [1.82, 2.24) is 0 Å². The van der Waals surface area contributed by atoms with Crippen LogP contribution in [-0.4, -0.2) is 13.1 Å². The molecule has 1 unspecified atom stereocenters. The van der Waals surface area contributed by atoms with Gasteiger partial charge in [0.15, 0.2) is 0 Å². The van der Waals surface area contributed by atoms with E-state index in [1.54, 1.807) is 0 Å². The van der Waals surface area contributed by atoms with Crippen LogP contribution in [0.15, 0.2) is 48.5 Å². The number of fused-ring (bicyclic) bond motifs is 1. The van der Waals surface area contributed by atoms with Crippen LogP contribution in [0.5, 0.6) is 0 Å². The lowest BCUT2D eigenvalue weighted by Crippen LogP contribution is -2.33. The van der Waals surface area contributed by atoms with E-state index in [2.05, 4.69) is 23.1 Å². The molecule has 1 aliphatic heterocycles.